The number of hydrogen-bond donors (Lipinski definition) is 1. The van der Waals surface area contributed by atoms with E-state index in [0.717, 1.165) is 5.57 Å². The van der Waals surface area contributed by atoms with Gasteiger partial charge in [0.1, 0.15) is 18.5 Å². The summed E-state index contributed by atoms with van der Waals surface area (Å²) in [6.07, 6.45) is 4.76. The number of carbonyl (C=O) groups excluding carboxylic acids is 1. The van der Waals surface area contributed by atoms with E-state index in [-0.39, 0.29) is 18.8 Å². The Balaban J connectivity index is 1.76. The second kappa shape index (κ2) is 9.52. The third kappa shape index (κ3) is 5.08. The molecule has 0 fully saturated rings. The summed E-state index contributed by atoms with van der Waals surface area (Å²) < 4.78 is 40.4. The highest BCUT2D eigenvalue weighted by Gasteiger charge is 2.35. The summed E-state index contributed by atoms with van der Waals surface area (Å²) >= 11 is 0. The first kappa shape index (κ1) is 22.8. The first-order chi connectivity index (χ1) is 14.7. The first-order valence-electron chi connectivity index (χ1n) is 9.72. The number of hydrogen-bond acceptors (Lipinski definition) is 6. The molecule has 2 heterocycles. The number of nitrogens with zero attached hydrogens (tertiary/aromatic N) is 4. The third-order valence-corrected chi connectivity index (χ3v) is 7.31. The number of sulfone groups is 1. The van der Waals surface area contributed by atoms with Gasteiger partial charge in [0.2, 0.25) is 0 Å². The average molecular weight is 448 g/mol. The highest BCUT2D eigenvalue weighted by molar-refractivity contribution is 7.92. The maximum Gasteiger partial charge on any atom is 0.253 e. The van der Waals surface area contributed by atoms with Crippen LogP contribution >= 0.6 is 0 Å². The fraction of sp³-hybridized carbons (Fsp3) is 0.333. The molecule has 0 saturated heterocycles. The number of aromatic nitrogens is 3. The quantitative estimate of drug-likeness (QED) is 0.614. The van der Waals surface area contributed by atoms with E-state index in [1.165, 1.54) is 34.8 Å². The van der Waals surface area contributed by atoms with Crippen LogP contribution in [0.3, 0.4) is 0 Å². The minimum Gasteiger partial charge on any atom is -0.382 e. The molecule has 1 N–H and O–H groups in total. The molecule has 10 heteroatoms. The molecular formula is C21H24FN4O4S. The van der Waals surface area contributed by atoms with E-state index < -0.39 is 32.9 Å². The van der Waals surface area contributed by atoms with Crippen molar-refractivity contribution in [2.24, 2.45) is 0 Å². The highest BCUT2D eigenvalue weighted by Crippen LogP contribution is 2.29. The van der Waals surface area contributed by atoms with E-state index in [2.05, 4.69) is 16.9 Å². The molecule has 165 valence electrons. The lowest BCUT2D eigenvalue weighted by molar-refractivity contribution is -0.139. The highest BCUT2D eigenvalue weighted by atomic mass is 32.2. The number of aliphatic hydroxyl groups is 1. The van der Waals surface area contributed by atoms with Gasteiger partial charge in [-0.1, -0.05) is 29.5 Å². The third-order valence-electron chi connectivity index (χ3n) is 5.21. The lowest BCUT2D eigenvalue weighted by Gasteiger charge is -2.30. The fourth-order valence-corrected chi connectivity index (χ4v) is 4.55. The molecular weight excluding hydrogens is 423 g/mol. The van der Waals surface area contributed by atoms with E-state index in [1.807, 2.05) is 0 Å². The van der Waals surface area contributed by atoms with Crippen molar-refractivity contribution in [1.82, 2.24) is 19.9 Å². The van der Waals surface area contributed by atoms with E-state index in [1.54, 1.807) is 31.0 Å². The zero-order valence-corrected chi connectivity index (χ0v) is 17.9. The van der Waals surface area contributed by atoms with E-state index in [4.69, 9.17) is 0 Å². The smallest absolute Gasteiger partial charge is 0.253 e. The molecule has 0 aliphatic carbocycles. The second-order valence-electron chi connectivity index (χ2n) is 7.25. The van der Waals surface area contributed by atoms with Crippen molar-refractivity contribution in [1.29, 1.82) is 0 Å². The van der Waals surface area contributed by atoms with Crippen molar-refractivity contribution >= 4 is 21.3 Å². The monoisotopic (exact) mass is 447 g/mol. The van der Waals surface area contributed by atoms with Crippen molar-refractivity contribution in [2.45, 2.75) is 24.7 Å². The molecule has 1 aliphatic rings. The van der Waals surface area contributed by atoms with E-state index >= 15 is 0 Å². The van der Waals surface area contributed by atoms with Gasteiger partial charge in [0, 0.05) is 24.8 Å². The van der Waals surface area contributed by atoms with Gasteiger partial charge in [-0.25, -0.2) is 17.5 Å². The van der Waals surface area contributed by atoms with Crippen molar-refractivity contribution < 1.29 is 22.7 Å². The van der Waals surface area contributed by atoms with Gasteiger partial charge >= 0.3 is 0 Å². The molecule has 1 aliphatic heterocycles. The van der Waals surface area contributed by atoms with Crippen molar-refractivity contribution in [2.75, 3.05) is 18.8 Å². The minimum absolute atomic E-state index is 0.135. The molecule has 1 amide bonds. The van der Waals surface area contributed by atoms with E-state index in [9.17, 15) is 22.7 Å². The molecule has 1 radical (unpaired) electrons. The largest absolute Gasteiger partial charge is 0.382 e. The molecule has 31 heavy (non-hydrogen) atoms. The summed E-state index contributed by atoms with van der Waals surface area (Å²) in [5, 5.41) is 16.7. The van der Waals surface area contributed by atoms with Crippen LogP contribution in [-0.2, 0) is 14.6 Å². The topological polar surface area (TPSA) is 105 Å². The van der Waals surface area contributed by atoms with Gasteiger partial charge in [-0.05, 0) is 30.5 Å². The zero-order chi connectivity index (χ0) is 22.6. The molecule has 8 nitrogen and oxygen atoms in total. The lowest BCUT2D eigenvalue weighted by Crippen LogP contribution is -2.48. The standard InChI is InChI=1S/C21H24FN4O4S/c1-3-13-31(29,30)15(2)20(27)21(28)25-10-7-16(8-11-25)19-17(5-4-6-18(19)22)14-26-12-9-23-24-26/h3-7,9,12,14-15,20,27H,1,8,10-11,13H2,2H3/t15?,20-/m0/s1. The Bertz CT molecular complexity index is 1080. The number of aliphatic hydroxyl groups excluding tert-OH is 1. The van der Waals surface area contributed by atoms with Crippen molar-refractivity contribution in [3.63, 3.8) is 0 Å². The number of rotatable bonds is 8. The Hall–Kier alpha value is -2.85. The first-order valence-corrected chi connectivity index (χ1v) is 11.4. The van der Waals surface area contributed by atoms with Gasteiger partial charge in [0.15, 0.2) is 9.84 Å². The second-order valence-corrected chi connectivity index (χ2v) is 9.65. The molecule has 2 aromatic rings. The van der Waals surface area contributed by atoms with Gasteiger partial charge in [-0.15, -0.1) is 11.7 Å². The number of amides is 1. The van der Waals surface area contributed by atoms with Gasteiger partial charge in [0.05, 0.1) is 17.2 Å². The van der Waals surface area contributed by atoms with Crippen molar-refractivity contribution in [3.8, 4) is 0 Å². The van der Waals surface area contributed by atoms with Crippen molar-refractivity contribution in [3.05, 3.63) is 72.8 Å². The van der Waals surface area contributed by atoms with E-state index in [0.29, 0.717) is 17.5 Å². The SMILES string of the molecule is C=CCS(=O)(=O)C(C)[C@H](O)C(=O)N1CC=C(c2c(F)cccc2[CH]n2ccnn2)CC1. The zero-order valence-electron chi connectivity index (χ0n) is 17.1. The minimum atomic E-state index is -3.68. The number of carbonyl (C=O) groups is 1. The predicted octanol–water partition coefficient (Wildman–Crippen LogP) is 1.44. The van der Waals surface area contributed by atoms with Crippen LogP contribution in [0.4, 0.5) is 4.39 Å². The van der Waals surface area contributed by atoms with Crippen LogP contribution in [0, 0.1) is 12.4 Å². The molecule has 0 bridgehead atoms. The Morgan fingerprint density at radius 2 is 2.19 bits per heavy atom. The molecule has 1 aromatic heterocycles. The molecule has 1 unspecified atom stereocenters. The number of benzene rings is 1. The van der Waals surface area contributed by atoms with Crippen LogP contribution in [0.1, 0.15) is 24.5 Å². The molecule has 1 aromatic carbocycles. The summed E-state index contributed by atoms with van der Waals surface area (Å²) in [5.41, 5.74) is 1.74. The average Bonchev–Trinajstić information content (AvgIpc) is 3.25. The fourth-order valence-electron chi connectivity index (χ4n) is 3.41. The van der Waals surface area contributed by atoms with Gasteiger partial charge in [-0.3, -0.25) is 4.79 Å². The van der Waals surface area contributed by atoms with Crippen LogP contribution in [0.25, 0.3) is 5.57 Å². The van der Waals surface area contributed by atoms with Crippen LogP contribution in [0.2, 0.25) is 0 Å². The normalized spacial score (nSPS) is 16.5. The van der Waals surface area contributed by atoms with Crippen LogP contribution in [0.15, 0.2) is 49.3 Å². The summed E-state index contributed by atoms with van der Waals surface area (Å²) in [6, 6.07) is 4.72. The van der Waals surface area contributed by atoms with Gasteiger partial charge < -0.3 is 10.0 Å². The lowest BCUT2D eigenvalue weighted by atomic mass is 9.94. The van der Waals surface area contributed by atoms with Crippen LogP contribution < -0.4 is 0 Å². The Kier molecular flexibility index (Phi) is 7.01. The maximum absolute atomic E-state index is 14.7. The van der Waals surface area contributed by atoms with Gasteiger partial charge in [0.25, 0.3) is 5.91 Å². The summed E-state index contributed by atoms with van der Waals surface area (Å²) in [5.74, 6) is -1.39. The summed E-state index contributed by atoms with van der Waals surface area (Å²) in [4.78, 5) is 14.0. The van der Waals surface area contributed by atoms with Gasteiger partial charge in [-0.2, -0.15) is 0 Å². The summed E-state index contributed by atoms with van der Waals surface area (Å²) in [6.45, 7) is 6.71. The Labute approximate surface area is 180 Å². The van der Waals surface area contributed by atoms with Crippen LogP contribution in [-0.4, -0.2) is 69.5 Å². The summed E-state index contributed by atoms with van der Waals surface area (Å²) in [7, 11) is -3.68. The number of halogens is 1. The molecule has 3 rings (SSSR count). The molecule has 0 saturated carbocycles. The van der Waals surface area contributed by atoms with Crippen LogP contribution in [0.5, 0.6) is 0 Å². The predicted molar refractivity (Wildman–Crippen MR) is 114 cm³/mol. The maximum atomic E-state index is 14.7. The Morgan fingerprint density at radius 3 is 2.81 bits per heavy atom. The Morgan fingerprint density at radius 1 is 1.42 bits per heavy atom. The molecule has 2 atom stereocenters. The molecule has 0 spiro atoms.